The molecule has 0 fully saturated rings. The van der Waals surface area contributed by atoms with Gasteiger partial charge >= 0.3 is 11.3 Å². The van der Waals surface area contributed by atoms with Gasteiger partial charge in [0.25, 0.3) is 0 Å². The minimum Gasteiger partial charge on any atom is -0.539 e. The first-order valence-corrected chi connectivity index (χ1v) is 4.55. The Morgan fingerprint density at radius 2 is 2.06 bits per heavy atom. The largest absolute Gasteiger partial charge is 0.539 e. The number of benzene rings is 1. The van der Waals surface area contributed by atoms with Crippen LogP contribution in [0.5, 0.6) is 0 Å². The quantitative estimate of drug-likeness (QED) is 0.649. The van der Waals surface area contributed by atoms with Gasteiger partial charge in [0.15, 0.2) is 0 Å². The SMILES string of the molecule is O=C([O-])c1c(=O)o[nH][n+]1Cc1ccccc1. The first kappa shape index (κ1) is 10.2. The molecule has 1 aromatic heterocycles. The summed E-state index contributed by atoms with van der Waals surface area (Å²) in [5, 5.41) is 12.9. The molecule has 0 unspecified atom stereocenters. The second kappa shape index (κ2) is 4.01. The number of aromatic nitrogens is 2. The van der Waals surface area contributed by atoms with Gasteiger partial charge in [-0.2, -0.15) is 0 Å². The molecule has 1 heterocycles. The zero-order chi connectivity index (χ0) is 11.5. The van der Waals surface area contributed by atoms with Crippen molar-refractivity contribution in [2.75, 3.05) is 0 Å². The van der Waals surface area contributed by atoms with E-state index in [1.165, 1.54) is 0 Å². The molecule has 0 aliphatic heterocycles. The van der Waals surface area contributed by atoms with Crippen LogP contribution in [-0.2, 0) is 6.54 Å². The highest BCUT2D eigenvalue weighted by atomic mass is 16.5. The zero-order valence-corrected chi connectivity index (χ0v) is 8.17. The van der Waals surface area contributed by atoms with Gasteiger partial charge in [0.05, 0.1) is 0 Å². The fraction of sp³-hybridized carbons (Fsp3) is 0.100. The number of carboxylic acid groups (broad SMARTS) is 1. The Morgan fingerprint density at radius 1 is 1.38 bits per heavy atom. The van der Waals surface area contributed by atoms with Crippen LogP contribution in [0.15, 0.2) is 39.6 Å². The van der Waals surface area contributed by atoms with E-state index < -0.39 is 17.3 Å². The van der Waals surface area contributed by atoms with Gasteiger partial charge in [-0.05, 0) is 5.27 Å². The molecule has 0 amide bonds. The Kier molecular flexibility index (Phi) is 2.55. The van der Waals surface area contributed by atoms with E-state index in [1.807, 2.05) is 18.2 Å². The van der Waals surface area contributed by atoms with Crippen LogP contribution >= 0.6 is 0 Å². The number of rotatable bonds is 3. The summed E-state index contributed by atoms with van der Waals surface area (Å²) in [6.07, 6.45) is 0. The normalized spacial score (nSPS) is 10.2. The first-order chi connectivity index (χ1) is 7.68. The third-order valence-corrected chi connectivity index (χ3v) is 2.09. The van der Waals surface area contributed by atoms with Crippen LogP contribution in [0.4, 0.5) is 0 Å². The molecule has 0 atom stereocenters. The Balaban J connectivity index is 2.36. The number of aromatic carboxylic acids is 1. The highest BCUT2D eigenvalue weighted by Gasteiger charge is 2.21. The van der Waals surface area contributed by atoms with E-state index in [9.17, 15) is 14.7 Å². The summed E-state index contributed by atoms with van der Waals surface area (Å²) in [5.41, 5.74) is -0.633. The molecule has 6 nitrogen and oxygen atoms in total. The van der Waals surface area contributed by atoms with Crippen molar-refractivity contribution in [2.24, 2.45) is 0 Å². The molecule has 1 N–H and O–H groups in total. The van der Waals surface area contributed by atoms with Gasteiger partial charge in [0, 0.05) is 5.56 Å². The lowest BCUT2D eigenvalue weighted by molar-refractivity contribution is -0.757. The number of carbonyl (C=O) groups excluding carboxylic acids is 1. The van der Waals surface area contributed by atoms with Gasteiger partial charge in [-0.1, -0.05) is 35.0 Å². The molecule has 2 aromatic rings. The van der Waals surface area contributed by atoms with Gasteiger partial charge < -0.3 is 9.90 Å². The molecule has 0 aliphatic rings. The molecule has 0 aliphatic carbocycles. The molecule has 6 heteroatoms. The fourth-order valence-electron chi connectivity index (χ4n) is 1.37. The Labute approximate surface area is 89.7 Å². The second-order valence-corrected chi connectivity index (χ2v) is 3.19. The Morgan fingerprint density at radius 3 is 2.69 bits per heavy atom. The first-order valence-electron chi connectivity index (χ1n) is 4.55. The maximum absolute atomic E-state index is 11.0. The summed E-state index contributed by atoms with van der Waals surface area (Å²) in [5.74, 6) is -1.56. The van der Waals surface area contributed by atoms with Crippen molar-refractivity contribution in [1.29, 1.82) is 0 Å². The number of nitrogens with zero attached hydrogens (tertiary/aromatic N) is 1. The van der Waals surface area contributed by atoms with E-state index in [-0.39, 0.29) is 6.54 Å². The summed E-state index contributed by atoms with van der Waals surface area (Å²) < 4.78 is 5.48. The smallest absolute Gasteiger partial charge is 0.436 e. The summed E-state index contributed by atoms with van der Waals surface area (Å²) in [6.45, 7) is 0.204. The molecule has 0 radical (unpaired) electrons. The van der Waals surface area contributed by atoms with E-state index in [2.05, 4.69) is 9.79 Å². The van der Waals surface area contributed by atoms with Crippen molar-refractivity contribution >= 4 is 5.97 Å². The average Bonchev–Trinajstić information content (AvgIpc) is 2.61. The molecule has 0 saturated heterocycles. The molecule has 82 valence electrons. The number of hydrogen-bond acceptors (Lipinski definition) is 4. The van der Waals surface area contributed by atoms with Crippen LogP contribution in [0, 0.1) is 0 Å². The van der Waals surface area contributed by atoms with E-state index >= 15 is 0 Å². The van der Waals surface area contributed by atoms with Crippen LogP contribution in [0.3, 0.4) is 0 Å². The highest BCUT2D eigenvalue weighted by molar-refractivity contribution is 5.80. The molecule has 0 bridgehead atoms. The van der Waals surface area contributed by atoms with Crippen molar-refractivity contribution in [3.05, 3.63) is 52.0 Å². The van der Waals surface area contributed by atoms with E-state index in [1.54, 1.807) is 12.1 Å². The van der Waals surface area contributed by atoms with Crippen molar-refractivity contribution in [1.82, 2.24) is 5.27 Å². The van der Waals surface area contributed by atoms with E-state index in [4.69, 9.17) is 0 Å². The predicted molar refractivity (Wildman–Crippen MR) is 49.4 cm³/mol. The maximum Gasteiger partial charge on any atom is 0.436 e. The monoisotopic (exact) mass is 220 g/mol. The van der Waals surface area contributed by atoms with Crippen LogP contribution < -0.4 is 15.4 Å². The molecule has 16 heavy (non-hydrogen) atoms. The molecular weight excluding hydrogens is 212 g/mol. The lowest BCUT2D eigenvalue weighted by atomic mass is 10.2. The second-order valence-electron chi connectivity index (χ2n) is 3.19. The predicted octanol–water partition coefficient (Wildman–Crippen LogP) is -1.33. The van der Waals surface area contributed by atoms with Crippen molar-refractivity contribution in [2.45, 2.75) is 6.54 Å². The molecule has 1 aromatic carbocycles. The minimum atomic E-state index is -1.56. The molecule has 2 rings (SSSR count). The highest BCUT2D eigenvalue weighted by Crippen LogP contribution is 1.97. The molecule has 0 spiro atoms. The fourth-order valence-corrected chi connectivity index (χ4v) is 1.37. The number of nitrogens with one attached hydrogen (secondary N) is 1. The Hall–Kier alpha value is -2.37. The molecule has 0 saturated carbocycles. The van der Waals surface area contributed by atoms with Gasteiger partial charge in [-0.3, -0.25) is 4.52 Å². The van der Waals surface area contributed by atoms with Crippen molar-refractivity contribution in [3.63, 3.8) is 0 Å². The number of H-pyrrole nitrogens is 1. The maximum atomic E-state index is 11.0. The van der Waals surface area contributed by atoms with Crippen LogP contribution in [0.2, 0.25) is 0 Å². The van der Waals surface area contributed by atoms with E-state index in [0.29, 0.717) is 0 Å². The molecular formula is C10H8N2O4. The van der Waals surface area contributed by atoms with Crippen molar-refractivity contribution in [3.8, 4) is 0 Å². The van der Waals surface area contributed by atoms with Crippen LogP contribution in [-0.4, -0.2) is 11.2 Å². The summed E-state index contributed by atoms with van der Waals surface area (Å²) >= 11 is 0. The van der Waals surface area contributed by atoms with Crippen LogP contribution in [0.25, 0.3) is 0 Å². The average molecular weight is 220 g/mol. The topological polar surface area (TPSA) is 90.0 Å². The van der Waals surface area contributed by atoms with E-state index in [0.717, 1.165) is 10.2 Å². The third kappa shape index (κ3) is 1.85. The number of carboxylic acids is 1. The number of aromatic amines is 1. The lowest BCUT2D eigenvalue weighted by Crippen LogP contribution is -2.47. The number of carbonyl (C=O) groups is 1. The summed E-state index contributed by atoms with van der Waals surface area (Å²) in [6, 6.07) is 9.07. The summed E-state index contributed by atoms with van der Waals surface area (Å²) in [4.78, 5) is 21.7. The third-order valence-electron chi connectivity index (χ3n) is 2.09. The lowest BCUT2D eigenvalue weighted by Gasteiger charge is -1.95. The minimum absolute atomic E-state index is 0.204. The standard InChI is InChI=1S/C10H8N2O4/c13-9(14)8-10(15)16-11-12(8)6-7-4-2-1-3-5-7/h1-5H,6H2,(H-,11,13,14,15). The zero-order valence-electron chi connectivity index (χ0n) is 8.17. The van der Waals surface area contributed by atoms with Gasteiger partial charge in [0.1, 0.15) is 5.97 Å². The number of hydrogen-bond donors (Lipinski definition) is 1. The Bertz CT molecular complexity index is 556. The van der Waals surface area contributed by atoms with Gasteiger partial charge in [-0.25, -0.2) is 4.79 Å². The van der Waals surface area contributed by atoms with Gasteiger partial charge in [-0.15, -0.1) is 0 Å². The summed E-state index contributed by atoms with van der Waals surface area (Å²) in [7, 11) is 0. The van der Waals surface area contributed by atoms with Crippen LogP contribution in [0.1, 0.15) is 16.1 Å². The van der Waals surface area contributed by atoms with Crippen molar-refractivity contribution < 1.29 is 19.1 Å². The van der Waals surface area contributed by atoms with Gasteiger partial charge in [0.2, 0.25) is 6.54 Å².